The van der Waals surface area contributed by atoms with E-state index in [9.17, 15) is 9.59 Å². The molecule has 0 aliphatic heterocycles. The molecule has 0 atom stereocenters. The third-order valence-corrected chi connectivity index (χ3v) is 2.92. The Morgan fingerprint density at radius 1 is 1.45 bits per heavy atom. The molecular formula is C13H17ClN2O4. The summed E-state index contributed by atoms with van der Waals surface area (Å²) in [5, 5.41) is 11.8. The molecule has 0 aliphatic rings. The van der Waals surface area contributed by atoms with Gasteiger partial charge in [-0.15, -0.1) is 0 Å². The van der Waals surface area contributed by atoms with Gasteiger partial charge in [0.05, 0.1) is 29.4 Å². The first-order chi connectivity index (χ1) is 9.45. The lowest BCUT2D eigenvalue weighted by Gasteiger charge is -2.20. The normalized spacial score (nSPS) is 10.2. The largest absolute Gasteiger partial charge is 0.478 e. The van der Waals surface area contributed by atoms with Crippen LogP contribution in [-0.4, -0.2) is 50.8 Å². The predicted molar refractivity (Wildman–Crippen MR) is 76.6 cm³/mol. The fourth-order valence-corrected chi connectivity index (χ4v) is 1.92. The summed E-state index contributed by atoms with van der Waals surface area (Å²) in [6.45, 7) is 1.01. The molecular weight excluding hydrogens is 284 g/mol. The van der Waals surface area contributed by atoms with E-state index in [-0.39, 0.29) is 23.0 Å². The number of nitrogens with zero attached hydrogens (tertiary/aromatic N) is 1. The molecule has 0 aromatic heterocycles. The van der Waals surface area contributed by atoms with E-state index in [0.29, 0.717) is 18.8 Å². The van der Waals surface area contributed by atoms with Crippen molar-refractivity contribution in [3.05, 3.63) is 28.8 Å². The number of likely N-dealkylation sites (N-methyl/N-ethyl adjacent to an activating group) is 1. The second-order valence-electron chi connectivity index (χ2n) is 4.17. The van der Waals surface area contributed by atoms with Gasteiger partial charge in [-0.05, 0) is 18.2 Å². The molecule has 110 valence electrons. The molecule has 0 bridgehead atoms. The topological polar surface area (TPSA) is 78.9 Å². The average Bonchev–Trinajstić information content (AvgIpc) is 2.38. The quantitative estimate of drug-likeness (QED) is 0.741. The molecule has 0 aliphatic carbocycles. The Morgan fingerprint density at radius 3 is 2.70 bits per heavy atom. The van der Waals surface area contributed by atoms with Crippen LogP contribution in [0.15, 0.2) is 18.2 Å². The first kappa shape index (κ1) is 16.3. The van der Waals surface area contributed by atoms with Crippen molar-refractivity contribution in [1.82, 2.24) is 5.32 Å². The number of halogens is 1. The number of benzene rings is 1. The Kier molecular flexibility index (Phi) is 6.27. The maximum Gasteiger partial charge on any atom is 0.335 e. The Bertz CT molecular complexity index is 493. The first-order valence-corrected chi connectivity index (χ1v) is 6.33. The Balaban J connectivity index is 2.65. The van der Waals surface area contributed by atoms with Crippen LogP contribution in [0.2, 0.25) is 5.02 Å². The zero-order valence-electron chi connectivity index (χ0n) is 11.4. The lowest BCUT2D eigenvalue weighted by Crippen LogP contribution is -2.36. The summed E-state index contributed by atoms with van der Waals surface area (Å²) in [6.07, 6.45) is 0. The van der Waals surface area contributed by atoms with Gasteiger partial charge in [-0.25, -0.2) is 4.79 Å². The van der Waals surface area contributed by atoms with Gasteiger partial charge in [0, 0.05) is 20.7 Å². The molecule has 0 unspecified atom stereocenters. The molecule has 20 heavy (non-hydrogen) atoms. The van der Waals surface area contributed by atoms with Crippen molar-refractivity contribution in [2.24, 2.45) is 0 Å². The minimum Gasteiger partial charge on any atom is -0.478 e. The minimum absolute atomic E-state index is 0.108. The number of nitrogens with one attached hydrogen (secondary N) is 1. The molecule has 0 fully saturated rings. The van der Waals surface area contributed by atoms with E-state index >= 15 is 0 Å². The molecule has 0 radical (unpaired) electrons. The first-order valence-electron chi connectivity index (χ1n) is 5.95. The molecule has 1 rings (SSSR count). The molecule has 1 aromatic carbocycles. The lowest BCUT2D eigenvalue weighted by atomic mass is 10.2. The van der Waals surface area contributed by atoms with Crippen LogP contribution in [-0.2, 0) is 9.53 Å². The van der Waals surface area contributed by atoms with Crippen molar-refractivity contribution in [3.63, 3.8) is 0 Å². The maximum absolute atomic E-state index is 11.6. The number of carbonyl (C=O) groups excluding carboxylic acids is 1. The van der Waals surface area contributed by atoms with Gasteiger partial charge in [-0.1, -0.05) is 11.6 Å². The molecule has 2 N–H and O–H groups in total. The van der Waals surface area contributed by atoms with Gasteiger partial charge in [-0.2, -0.15) is 0 Å². The van der Waals surface area contributed by atoms with E-state index < -0.39 is 5.97 Å². The summed E-state index contributed by atoms with van der Waals surface area (Å²) in [6, 6.07) is 4.38. The van der Waals surface area contributed by atoms with Gasteiger partial charge in [0.15, 0.2) is 0 Å². The molecule has 0 heterocycles. The van der Waals surface area contributed by atoms with E-state index in [4.69, 9.17) is 21.4 Å². The van der Waals surface area contributed by atoms with Crippen molar-refractivity contribution in [1.29, 1.82) is 0 Å². The maximum atomic E-state index is 11.6. The number of ether oxygens (including phenoxy) is 1. The van der Waals surface area contributed by atoms with Crippen molar-refractivity contribution in [2.45, 2.75) is 0 Å². The van der Waals surface area contributed by atoms with Gasteiger partial charge in [0.25, 0.3) is 0 Å². The average molecular weight is 301 g/mol. The lowest BCUT2D eigenvalue weighted by molar-refractivity contribution is -0.119. The van der Waals surface area contributed by atoms with Gasteiger partial charge in [0.2, 0.25) is 5.91 Å². The summed E-state index contributed by atoms with van der Waals surface area (Å²) >= 11 is 6.02. The van der Waals surface area contributed by atoms with Crippen LogP contribution in [0.5, 0.6) is 0 Å². The Hall–Kier alpha value is -1.79. The third kappa shape index (κ3) is 4.71. The number of anilines is 1. The zero-order chi connectivity index (χ0) is 15.1. The van der Waals surface area contributed by atoms with Crippen LogP contribution >= 0.6 is 11.6 Å². The molecule has 1 aromatic rings. The highest BCUT2D eigenvalue weighted by atomic mass is 35.5. The number of carboxylic acid groups (broad SMARTS) is 1. The van der Waals surface area contributed by atoms with E-state index in [0.717, 1.165) is 0 Å². The van der Waals surface area contributed by atoms with Gasteiger partial charge < -0.3 is 20.1 Å². The second kappa shape index (κ2) is 7.72. The van der Waals surface area contributed by atoms with E-state index in [1.54, 1.807) is 25.1 Å². The van der Waals surface area contributed by atoms with Crippen LogP contribution in [0.1, 0.15) is 10.4 Å². The number of hydrogen-bond donors (Lipinski definition) is 2. The highest BCUT2D eigenvalue weighted by Crippen LogP contribution is 2.25. The van der Waals surface area contributed by atoms with Crippen molar-refractivity contribution in [2.75, 3.05) is 38.8 Å². The van der Waals surface area contributed by atoms with Gasteiger partial charge in [0.1, 0.15) is 0 Å². The van der Waals surface area contributed by atoms with Crippen LogP contribution in [0.4, 0.5) is 5.69 Å². The number of aromatic carboxylic acids is 1. The predicted octanol–water partition coefficient (Wildman–Crippen LogP) is 1.24. The number of rotatable bonds is 7. The van der Waals surface area contributed by atoms with Crippen LogP contribution in [0, 0.1) is 0 Å². The zero-order valence-corrected chi connectivity index (χ0v) is 12.1. The smallest absolute Gasteiger partial charge is 0.335 e. The number of carbonyl (C=O) groups is 2. The second-order valence-corrected chi connectivity index (χ2v) is 4.58. The van der Waals surface area contributed by atoms with Crippen LogP contribution in [0.3, 0.4) is 0 Å². The van der Waals surface area contributed by atoms with Gasteiger partial charge in [-0.3, -0.25) is 4.79 Å². The summed E-state index contributed by atoms with van der Waals surface area (Å²) in [5.41, 5.74) is 0.704. The molecule has 7 heteroatoms. The summed E-state index contributed by atoms with van der Waals surface area (Å²) in [5.74, 6) is -1.21. The third-order valence-electron chi connectivity index (χ3n) is 2.62. The molecule has 1 amide bonds. The van der Waals surface area contributed by atoms with E-state index in [1.165, 1.54) is 12.1 Å². The van der Waals surface area contributed by atoms with E-state index in [2.05, 4.69) is 5.32 Å². The highest BCUT2D eigenvalue weighted by molar-refractivity contribution is 6.33. The SMILES string of the molecule is COCCNC(=O)CN(C)c1ccc(C(=O)O)cc1Cl. The summed E-state index contributed by atoms with van der Waals surface area (Å²) < 4.78 is 4.83. The minimum atomic E-state index is -1.04. The van der Waals surface area contributed by atoms with E-state index in [1.807, 2.05) is 0 Å². The fraction of sp³-hybridized carbons (Fsp3) is 0.385. The highest BCUT2D eigenvalue weighted by Gasteiger charge is 2.12. The number of methoxy groups -OCH3 is 1. The van der Waals surface area contributed by atoms with Crippen molar-refractivity contribution in [3.8, 4) is 0 Å². The standard InChI is InChI=1S/C13H17ClN2O4/c1-16(8-12(17)15-5-6-20-2)11-4-3-9(13(18)19)7-10(11)14/h3-4,7H,5-6,8H2,1-2H3,(H,15,17)(H,18,19). The van der Waals surface area contributed by atoms with Crippen LogP contribution in [0.25, 0.3) is 0 Å². The number of amides is 1. The molecule has 0 spiro atoms. The number of hydrogen-bond acceptors (Lipinski definition) is 4. The fourth-order valence-electron chi connectivity index (χ4n) is 1.60. The Morgan fingerprint density at radius 2 is 2.15 bits per heavy atom. The molecule has 0 saturated carbocycles. The van der Waals surface area contributed by atoms with Crippen LogP contribution < -0.4 is 10.2 Å². The van der Waals surface area contributed by atoms with Crippen molar-refractivity contribution >= 4 is 29.2 Å². The monoisotopic (exact) mass is 300 g/mol. The molecule has 0 saturated heterocycles. The summed E-state index contributed by atoms with van der Waals surface area (Å²) in [4.78, 5) is 24.1. The summed E-state index contributed by atoms with van der Waals surface area (Å²) in [7, 11) is 3.26. The van der Waals surface area contributed by atoms with Gasteiger partial charge >= 0.3 is 5.97 Å². The number of carboxylic acids is 1. The Labute approximate surface area is 122 Å². The molecule has 6 nitrogen and oxygen atoms in total. The van der Waals surface area contributed by atoms with Crippen molar-refractivity contribution < 1.29 is 19.4 Å².